The molecule has 0 bridgehead atoms. The summed E-state index contributed by atoms with van der Waals surface area (Å²) in [6, 6.07) is 0. The van der Waals surface area contributed by atoms with Gasteiger partial charge in [0, 0.05) is 5.54 Å². The molecule has 0 fully saturated rings. The van der Waals surface area contributed by atoms with E-state index in [-0.39, 0.29) is 5.54 Å². The van der Waals surface area contributed by atoms with Crippen molar-refractivity contribution in [2.24, 2.45) is 5.92 Å². The molecule has 1 nitrogen and oxygen atoms in total. The van der Waals surface area contributed by atoms with Crippen molar-refractivity contribution in [2.45, 2.75) is 58.9 Å². The van der Waals surface area contributed by atoms with E-state index in [1.54, 1.807) is 0 Å². The van der Waals surface area contributed by atoms with Crippen LogP contribution in [0.2, 0.25) is 0 Å². The molecule has 0 aromatic rings. The van der Waals surface area contributed by atoms with E-state index in [4.69, 9.17) is 0 Å². The van der Waals surface area contributed by atoms with E-state index in [0.29, 0.717) is 0 Å². The topological polar surface area (TPSA) is 12.0 Å². The standard InChI is InChI=1S/C13H27N/c1-6-7-8-9-10-12(2)11-14-13(3,4)5/h6,12,14H,1,7-11H2,2-5H3. The predicted octanol–water partition coefficient (Wildman–Crippen LogP) is 3.76. The third-order valence-corrected chi connectivity index (χ3v) is 2.34. The van der Waals surface area contributed by atoms with Crippen LogP contribution in [0.4, 0.5) is 0 Å². The zero-order chi connectivity index (χ0) is 11.0. The average molecular weight is 197 g/mol. The van der Waals surface area contributed by atoms with Crippen LogP contribution >= 0.6 is 0 Å². The highest BCUT2D eigenvalue weighted by Crippen LogP contribution is 2.10. The van der Waals surface area contributed by atoms with Crippen molar-refractivity contribution >= 4 is 0 Å². The molecule has 1 atom stereocenters. The molecule has 0 spiro atoms. The van der Waals surface area contributed by atoms with Gasteiger partial charge in [0.2, 0.25) is 0 Å². The van der Waals surface area contributed by atoms with Crippen LogP contribution in [0.25, 0.3) is 0 Å². The molecule has 0 rings (SSSR count). The molecular formula is C13H27N. The third-order valence-electron chi connectivity index (χ3n) is 2.34. The third kappa shape index (κ3) is 9.79. The van der Waals surface area contributed by atoms with Crippen molar-refractivity contribution in [1.82, 2.24) is 5.32 Å². The molecule has 0 aliphatic rings. The fourth-order valence-corrected chi connectivity index (χ4v) is 1.36. The monoisotopic (exact) mass is 197 g/mol. The molecule has 1 N–H and O–H groups in total. The van der Waals surface area contributed by atoms with Crippen LogP contribution in [0.5, 0.6) is 0 Å². The van der Waals surface area contributed by atoms with Gasteiger partial charge in [0.1, 0.15) is 0 Å². The van der Waals surface area contributed by atoms with Gasteiger partial charge in [-0.25, -0.2) is 0 Å². The van der Waals surface area contributed by atoms with E-state index in [9.17, 15) is 0 Å². The first-order valence-corrected chi connectivity index (χ1v) is 5.81. The summed E-state index contributed by atoms with van der Waals surface area (Å²) in [6.45, 7) is 13.9. The van der Waals surface area contributed by atoms with Gasteiger partial charge in [0.15, 0.2) is 0 Å². The second-order valence-corrected chi connectivity index (χ2v) is 5.31. The molecule has 1 unspecified atom stereocenters. The summed E-state index contributed by atoms with van der Waals surface area (Å²) >= 11 is 0. The summed E-state index contributed by atoms with van der Waals surface area (Å²) in [5.41, 5.74) is 0.259. The maximum atomic E-state index is 3.73. The van der Waals surface area contributed by atoms with Crippen molar-refractivity contribution in [3.8, 4) is 0 Å². The largest absolute Gasteiger partial charge is 0.312 e. The van der Waals surface area contributed by atoms with E-state index >= 15 is 0 Å². The van der Waals surface area contributed by atoms with Crippen molar-refractivity contribution < 1.29 is 0 Å². The molecule has 84 valence electrons. The quantitative estimate of drug-likeness (QED) is 0.484. The van der Waals surface area contributed by atoms with Gasteiger partial charge < -0.3 is 5.32 Å². The molecule has 0 aromatic carbocycles. The van der Waals surface area contributed by atoms with Gasteiger partial charge >= 0.3 is 0 Å². The lowest BCUT2D eigenvalue weighted by molar-refractivity contribution is 0.367. The van der Waals surface area contributed by atoms with Crippen LogP contribution in [0, 0.1) is 5.92 Å². The molecule has 0 aliphatic carbocycles. The Kier molecular flexibility index (Phi) is 6.90. The Morgan fingerprint density at radius 3 is 2.43 bits per heavy atom. The van der Waals surface area contributed by atoms with Crippen molar-refractivity contribution in [3.05, 3.63) is 12.7 Å². The molecule has 0 saturated carbocycles. The smallest absolute Gasteiger partial charge is 0.00966 e. The maximum absolute atomic E-state index is 3.73. The van der Waals surface area contributed by atoms with Crippen LogP contribution in [0.15, 0.2) is 12.7 Å². The summed E-state index contributed by atoms with van der Waals surface area (Å²) in [7, 11) is 0. The lowest BCUT2D eigenvalue weighted by atomic mass is 10.0. The van der Waals surface area contributed by atoms with E-state index in [0.717, 1.165) is 12.5 Å². The molecule has 0 amide bonds. The van der Waals surface area contributed by atoms with E-state index < -0.39 is 0 Å². The summed E-state index contributed by atoms with van der Waals surface area (Å²) in [4.78, 5) is 0. The van der Waals surface area contributed by atoms with Crippen LogP contribution in [0.3, 0.4) is 0 Å². The summed E-state index contributed by atoms with van der Waals surface area (Å²) in [5.74, 6) is 0.791. The lowest BCUT2D eigenvalue weighted by Crippen LogP contribution is -2.38. The van der Waals surface area contributed by atoms with Gasteiger partial charge in [-0.05, 0) is 52.5 Å². The van der Waals surface area contributed by atoms with Gasteiger partial charge in [0.25, 0.3) is 0 Å². The van der Waals surface area contributed by atoms with Crippen LogP contribution in [-0.2, 0) is 0 Å². The van der Waals surface area contributed by atoms with E-state index in [1.165, 1.54) is 25.7 Å². The molecule has 0 aliphatic heterocycles. The molecule has 1 heteroatoms. The summed E-state index contributed by atoms with van der Waals surface area (Å²) < 4.78 is 0. The minimum Gasteiger partial charge on any atom is -0.312 e. The predicted molar refractivity (Wildman–Crippen MR) is 65.6 cm³/mol. The van der Waals surface area contributed by atoms with E-state index in [2.05, 4.69) is 39.6 Å². The van der Waals surface area contributed by atoms with Gasteiger partial charge in [-0.3, -0.25) is 0 Å². The summed E-state index contributed by atoms with van der Waals surface area (Å²) in [5, 5.41) is 3.54. The van der Waals surface area contributed by atoms with Gasteiger partial charge in [-0.2, -0.15) is 0 Å². The summed E-state index contributed by atoms with van der Waals surface area (Å²) in [6.07, 6.45) is 7.14. The van der Waals surface area contributed by atoms with Gasteiger partial charge in [-0.1, -0.05) is 19.4 Å². The molecule has 0 radical (unpaired) electrons. The molecule has 14 heavy (non-hydrogen) atoms. The van der Waals surface area contributed by atoms with Gasteiger partial charge in [0.05, 0.1) is 0 Å². The SMILES string of the molecule is C=CCCCCC(C)CNC(C)(C)C. The van der Waals surface area contributed by atoms with Gasteiger partial charge in [-0.15, -0.1) is 6.58 Å². The number of rotatable bonds is 7. The number of hydrogen-bond donors (Lipinski definition) is 1. The van der Waals surface area contributed by atoms with Crippen molar-refractivity contribution in [1.29, 1.82) is 0 Å². The minimum absolute atomic E-state index is 0.259. The number of nitrogens with one attached hydrogen (secondary N) is 1. The highest BCUT2D eigenvalue weighted by atomic mass is 14.9. The minimum atomic E-state index is 0.259. The highest BCUT2D eigenvalue weighted by Gasteiger charge is 2.10. The average Bonchev–Trinajstić information content (AvgIpc) is 2.08. The van der Waals surface area contributed by atoms with E-state index in [1.807, 2.05) is 6.08 Å². The Labute approximate surface area is 90.0 Å². The molecule has 0 saturated heterocycles. The second kappa shape index (κ2) is 7.05. The Balaban J connectivity index is 3.36. The van der Waals surface area contributed by atoms with Crippen LogP contribution < -0.4 is 5.32 Å². The Hall–Kier alpha value is -0.300. The molecular weight excluding hydrogens is 170 g/mol. The highest BCUT2D eigenvalue weighted by molar-refractivity contribution is 4.72. The number of hydrogen-bond acceptors (Lipinski definition) is 1. The normalized spacial score (nSPS) is 14.0. The zero-order valence-electron chi connectivity index (χ0n) is 10.4. The van der Waals surface area contributed by atoms with Crippen molar-refractivity contribution in [2.75, 3.05) is 6.54 Å². The number of allylic oxidation sites excluding steroid dienone is 1. The Morgan fingerprint density at radius 1 is 1.29 bits per heavy atom. The Bertz CT molecular complexity index is 144. The zero-order valence-corrected chi connectivity index (χ0v) is 10.4. The lowest BCUT2D eigenvalue weighted by Gasteiger charge is -2.23. The maximum Gasteiger partial charge on any atom is 0.00966 e. The van der Waals surface area contributed by atoms with Crippen LogP contribution in [0.1, 0.15) is 53.4 Å². The number of unbranched alkanes of at least 4 members (excludes halogenated alkanes) is 2. The Morgan fingerprint density at radius 2 is 1.93 bits per heavy atom. The fraction of sp³-hybridized carbons (Fsp3) is 0.846. The fourth-order valence-electron chi connectivity index (χ4n) is 1.36. The first-order chi connectivity index (χ1) is 6.45. The van der Waals surface area contributed by atoms with Crippen molar-refractivity contribution in [3.63, 3.8) is 0 Å². The second-order valence-electron chi connectivity index (χ2n) is 5.31. The molecule has 0 heterocycles. The first kappa shape index (κ1) is 13.7. The van der Waals surface area contributed by atoms with Crippen LogP contribution in [-0.4, -0.2) is 12.1 Å². The first-order valence-electron chi connectivity index (χ1n) is 5.81. The molecule has 0 aromatic heterocycles.